The summed E-state index contributed by atoms with van der Waals surface area (Å²) in [6.07, 6.45) is -3.21. The van der Waals surface area contributed by atoms with E-state index in [0.717, 1.165) is 6.33 Å². The second-order valence-electron chi connectivity index (χ2n) is 2.39. The summed E-state index contributed by atoms with van der Waals surface area (Å²) >= 11 is 2.97. The second kappa shape index (κ2) is 3.99. The number of hydrogen-bond donors (Lipinski definition) is 2. The van der Waals surface area contributed by atoms with Crippen molar-refractivity contribution in [3.05, 3.63) is 10.8 Å². The van der Waals surface area contributed by atoms with Crippen LogP contribution in [-0.2, 0) is 0 Å². The number of alkyl halides is 3. The lowest BCUT2D eigenvalue weighted by molar-refractivity contribution is -0.115. The summed E-state index contributed by atoms with van der Waals surface area (Å²) in [4.78, 5) is 7.18. The molecule has 3 N–H and O–H groups in total. The maximum atomic E-state index is 11.8. The van der Waals surface area contributed by atoms with Gasteiger partial charge in [0.05, 0.1) is 0 Å². The summed E-state index contributed by atoms with van der Waals surface area (Å²) < 4.78 is 35.7. The molecule has 0 amide bonds. The predicted octanol–water partition coefficient (Wildman–Crippen LogP) is 1.80. The van der Waals surface area contributed by atoms with Crippen LogP contribution in [0.3, 0.4) is 0 Å². The molecule has 1 aromatic rings. The van der Waals surface area contributed by atoms with Gasteiger partial charge in [-0.2, -0.15) is 13.2 Å². The quantitative estimate of drug-likeness (QED) is 0.860. The van der Waals surface area contributed by atoms with Crippen molar-refractivity contribution in [1.29, 1.82) is 0 Å². The minimum absolute atomic E-state index is 0.0230. The molecule has 0 aliphatic carbocycles. The first-order valence-corrected chi connectivity index (χ1v) is 4.26. The highest BCUT2D eigenvalue weighted by Gasteiger charge is 2.27. The zero-order valence-corrected chi connectivity index (χ0v) is 8.35. The average molecular weight is 271 g/mol. The Morgan fingerprint density at radius 2 is 2.07 bits per heavy atom. The zero-order chi connectivity index (χ0) is 10.8. The summed E-state index contributed by atoms with van der Waals surface area (Å²) in [5.41, 5.74) is 5.34. The molecule has 1 heterocycles. The monoisotopic (exact) mass is 270 g/mol. The van der Waals surface area contributed by atoms with Gasteiger partial charge >= 0.3 is 6.18 Å². The van der Waals surface area contributed by atoms with E-state index in [2.05, 4.69) is 31.2 Å². The number of aromatic nitrogens is 2. The third kappa shape index (κ3) is 3.02. The Bertz CT molecular complexity index is 327. The molecule has 0 fully saturated rings. The average Bonchev–Trinajstić information content (AvgIpc) is 2.06. The molecular weight excluding hydrogens is 265 g/mol. The molecule has 0 aliphatic heterocycles. The van der Waals surface area contributed by atoms with E-state index in [9.17, 15) is 13.2 Å². The molecule has 0 radical (unpaired) electrons. The zero-order valence-electron chi connectivity index (χ0n) is 6.77. The molecule has 0 bridgehead atoms. The van der Waals surface area contributed by atoms with Crippen LogP contribution >= 0.6 is 15.9 Å². The molecule has 0 saturated heterocycles. The van der Waals surface area contributed by atoms with Crippen LogP contribution in [0.2, 0.25) is 0 Å². The van der Waals surface area contributed by atoms with Gasteiger partial charge in [-0.3, -0.25) is 0 Å². The molecule has 78 valence electrons. The van der Waals surface area contributed by atoms with Gasteiger partial charge in [-0.25, -0.2) is 9.97 Å². The molecule has 0 aliphatic rings. The Morgan fingerprint density at radius 3 is 2.64 bits per heavy atom. The van der Waals surface area contributed by atoms with Gasteiger partial charge in [-0.15, -0.1) is 0 Å². The molecule has 0 saturated carbocycles. The van der Waals surface area contributed by atoms with E-state index in [-0.39, 0.29) is 16.1 Å². The molecule has 0 spiro atoms. The largest absolute Gasteiger partial charge is 0.405 e. The molecule has 0 unspecified atom stereocenters. The fourth-order valence-electron chi connectivity index (χ4n) is 0.691. The minimum atomic E-state index is -4.29. The molecule has 1 aromatic heterocycles. The molecule has 0 atom stereocenters. The predicted molar refractivity (Wildman–Crippen MR) is 48.7 cm³/mol. The first-order chi connectivity index (χ1) is 6.40. The molecule has 0 aromatic carbocycles. The van der Waals surface area contributed by atoms with Crippen molar-refractivity contribution in [2.75, 3.05) is 17.6 Å². The van der Waals surface area contributed by atoms with Crippen LogP contribution in [0.1, 0.15) is 0 Å². The number of halogens is 4. The Labute approximate surface area is 85.9 Å². The van der Waals surface area contributed by atoms with Crippen molar-refractivity contribution in [1.82, 2.24) is 9.97 Å². The van der Waals surface area contributed by atoms with Crippen molar-refractivity contribution >= 4 is 27.6 Å². The van der Waals surface area contributed by atoms with Crippen molar-refractivity contribution in [3.8, 4) is 0 Å². The van der Waals surface area contributed by atoms with Crippen LogP contribution in [0.15, 0.2) is 10.8 Å². The lowest BCUT2D eigenvalue weighted by Gasteiger charge is -2.10. The number of nitrogen functional groups attached to an aromatic ring is 1. The van der Waals surface area contributed by atoms with Gasteiger partial charge in [0.2, 0.25) is 0 Å². The summed E-state index contributed by atoms with van der Waals surface area (Å²) in [5, 5.41) is 2.09. The fraction of sp³-hybridized carbons (Fsp3) is 0.333. The maximum absolute atomic E-state index is 11.8. The van der Waals surface area contributed by atoms with Crippen molar-refractivity contribution < 1.29 is 13.2 Å². The van der Waals surface area contributed by atoms with E-state index in [0.29, 0.717) is 0 Å². The van der Waals surface area contributed by atoms with Crippen LogP contribution in [0.5, 0.6) is 0 Å². The molecule has 4 nitrogen and oxygen atoms in total. The Kier molecular flexibility index (Phi) is 3.14. The van der Waals surface area contributed by atoms with Gasteiger partial charge in [0.15, 0.2) is 0 Å². The first-order valence-electron chi connectivity index (χ1n) is 3.47. The van der Waals surface area contributed by atoms with Crippen LogP contribution in [0, 0.1) is 0 Å². The van der Waals surface area contributed by atoms with Crippen LogP contribution in [-0.4, -0.2) is 22.7 Å². The standard InChI is InChI=1S/C6H6BrF3N4/c7-3-4(11)13-2-14-5(3)12-1-6(8,9)10/h2H,1H2,(H3,11,12,13,14). The number of hydrogen-bond acceptors (Lipinski definition) is 4. The summed E-state index contributed by atoms with van der Waals surface area (Å²) in [6, 6.07) is 0. The molecule has 1 rings (SSSR count). The van der Waals surface area contributed by atoms with Gasteiger partial charge in [0, 0.05) is 0 Å². The Balaban J connectivity index is 2.73. The highest BCUT2D eigenvalue weighted by molar-refractivity contribution is 9.10. The van der Waals surface area contributed by atoms with E-state index in [1.165, 1.54) is 0 Å². The molecule has 8 heteroatoms. The first kappa shape index (κ1) is 11.0. The normalized spacial score (nSPS) is 11.4. The third-order valence-corrected chi connectivity index (χ3v) is 2.05. The van der Waals surface area contributed by atoms with Gasteiger partial charge < -0.3 is 11.1 Å². The van der Waals surface area contributed by atoms with E-state index < -0.39 is 12.7 Å². The van der Waals surface area contributed by atoms with Crippen molar-refractivity contribution in [2.45, 2.75) is 6.18 Å². The minimum Gasteiger partial charge on any atom is -0.383 e. The van der Waals surface area contributed by atoms with Crippen molar-refractivity contribution in [2.24, 2.45) is 0 Å². The highest BCUT2D eigenvalue weighted by atomic mass is 79.9. The number of nitrogens with zero attached hydrogens (tertiary/aromatic N) is 2. The van der Waals surface area contributed by atoms with Crippen LogP contribution < -0.4 is 11.1 Å². The second-order valence-corrected chi connectivity index (χ2v) is 3.18. The van der Waals surface area contributed by atoms with Crippen LogP contribution in [0.25, 0.3) is 0 Å². The van der Waals surface area contributed by atoms with Crippen LogP contribution in [0.4, 0.5) is 24.8 Å². The number of anilines is 2. The Morgan fingerprint density at radius 1 is 1.43 bits per heavy atom. The number of rotatable bonds is 2. The van der Waals surface area contributed by atoms with Gasteiger partial charge in [-0.1, -0.05) is 0 Å². The fourth-order valence-corrected chi connectivity index (χ4v) is 1.04. The van der Waals surface area contributed by atoms with E-state index in [4.69, 9.17) is 5.73 Å². The highest BCUT2D eigenvalue weighted by Crippen LogP contribution is 2.25. The van der Waals surface area contributed by atoms with Crippen molar-refractivity contribution in [3.63, 3.8) is 0 Å². The Hall–Kier alpha value is -1.05. The lowest BCUT2D eigenvalue weighted by Crippen LogP contribution is -2.22. The number of nitrogens with one attached hydrogen (secondary N) is 1. The van der Waals surface area contributed by atoms with E-state index in [1.54, 1.807) is 0 Å². The maximum Gasteiger partial charge on any atom is 0.405 e. The van der Waals surface area contributed by atoms with E-state index in [1.807, 2.05) is 0 Å². The topological polar surface area (TPSA) is 63.8 Å². The summed E-state index contributed by atoms with van der Waals surface area (Å²) in [6.45, 7) is -1.16. The third-order valence-electron chi connectivity index (χ3n) is 1.27. The molecular formula is C6H6BrF3N4. The summed E-state index contributed by atoms with van der Waals surface area (Å²) in [7, 11) is 0. The summed E-state index contributed by atoms with van der Waals surface area (Å²) in [5.74, 6) is 0.111. The van der Waals surface area contributed by atoms with Gasteiger partial charge in [0.1, 0.15) is 29.0 Å². The smallest absolute Gasteiger partial charge is 0.383 e. The van der Waals surface area contributed by atoms with Gasteiger partial charge in [-0.05, 0) is 15.9 Å². The van der Waals surface area contributed by atoms with E-state index >= 15 is 0 Å². The lowest BCUT2D eigenvalue weighted by atomic mass is 10.5. The number of nitrogens with two attached hydrogens (primary N) is 1. The van der Waals surface area contributed by atoms with Gasteiger partial charge in [0.25, 0.3) is 0 Å². The SMILES string of the molecule is Nc1ncnc(NCC(F)(F)F)c1Br. The molecule has 14 heavy (non-hydrogen) atoms.